The summed E-state index contributed by atoms with van der Waals surface area (Å²) in [5, 5.41) is 8.92. The van der Waals surface area contributed by atoms with Crippen LogP contribution in [0.4, 0.5) is 0 Å². The minimum Gasteiger partial charge on any atom is -0.394 e. The van der Waals surface area contributed by atoms with Gasteiger partial charge in [-0.25, -0.2) is 9.59 Å². The second-order valence-electron chi connectivity index (χ2n) is 5.82. The first-order valence-corrected chi connectivity index (χ1v) is 6.47. The van der Waals surface area contributed by atoms with Crippen molar-refractivity contribution in [3.8, 4) is 0 Å². The quantitative estimate of drug-likeness (QED) is 0.674. The standard InChI is InChI=1S/C15H18O5/c1-15(2,3)12(19-7-6-16)9-4-5-10-11(8-9)14(18)20-13(10)17/h4-5,8,12,16H,6-7H2,1-3H3. The van der Waals surface area contributed by atoms with E-state index in [4.69, 9.17) is 9.84 Å². The van der Waals surface area contributed by atoms with Gasteiger partial charge in [0.2, 0.25) is 0 Å². The minimum absolute atomic E-state index is 0.0714. The van der Waals surface area contributed by atoms with Gasteiger partial charge in [0.05, 0.1) is 30.4 Å². The Labute approximate surface area is 117 Å². The molecule has 0 saturated carbocycles. The number of benzene rings is 1. The fourth-order valence-electron chi connectivity index (χ4n) is 2.28. The molecule has 1 aliphatic rings. The molecule has 0 radical (unpaired) electrons. The van der Waals surface area contributed by atoms with E-state index >= 15 is 0 Å². The number of aliphatic hydroxyl groups is 1. The summed E-state index contributed by atoms with van der Waals surface area (Å²) in [4.78, 5) is 23.0. The molecule has 0 amide bonds. The summed E-state index contributed by atoms with van der Waals surface area (Å²) in [7, 11) is 0. The van der Waals surface area contributed by atoms with E-state index in [9.17, 15) is 9.59 Å². The Morgan fingerprint density at radius 1 is 1.20 bits per heavy atom. The lowest BCUT2D eigenvalue weighted by molar-refractivity contribution is -0.0335. The van der Waals surface area contributed by atoms with Gasteiger partial charge in [-0.2, -0.15) is 0 Å². The number of esters is 2. The van der Waals surface area contributed by atoms with Crippen molar-refractivity contribution in [2.45, 2.75) is 26.9 Å². The van der Waals surface area contributed by atoms with Crippen LogP contribution in [0.15, 0.2) is 18.2 Å². The van der Waals surface area contributed by atoms with E-state index in [0.717, 1.165) is 5.56 Å². The van der Waals surface area contributed by atoms with Crippen LogP contribution in [0.1, 0.15) is 53.2 Å². The molecule has 0 fully saturated rings. The molecule has 1 atom stereocenters. The number of hydrogen-bond acceptors (Lipinski definition) is 5. The molecule has 0 aliphatic carbocycles. The maximum Gasteiger partial charge on any atom is 0.346 e. The Morgan fingerprint density at radius 3 is 2.45 bits per heavy atom. The molecule has 1 aromatic carbocycles. The van der Waals surface area contributed by atoms with Gasteiger partial charge in [-0.1, -0.05) is 26.8 Å². The van der Waals surface area contributed by atoms with Gasteiger partial charge in [0.25, 0.3) is 0 Å². The third-order valence-corrected chi connectivity index (χ3v) is 3.13. The highest BCUT2D eigenvalue weighted by Gasteiger charge is 2.33. The highest BCUT2D eigenvalue weighted by atomic mass is 16.6. The molecular formula is C15H18O5. The fourth-order valence-corrected chi connectivity index (χ4v) is 2.28. The van der Waals surface area contributed by atoms with Crippen molar-refractivity contribution >= 4 is 11.9 Å². The molecule has 2 rings (SSSR count). The van der Waals surface area contributed by atoms with E-state index in [1.807, 2.05) is 20.8 Å². The summed E-state index contributed by atoms with van der Waals surface area (Å²) >= 11 is 0. The molecule has 0 spiro atoms. The first kappa shape index (κ1) is 14.7. The SMILES string of the molecule is CC(C)(C)C(OCCO)c1ccc2c(c1)C(=O)OC2=O. The first-order valence-electron chi connectivity index (χ1n) is 6.47. The molecular weight excluding hydrogens is 260 g/mol. The molecule has 5 heteroatoms. The van der Waals surface area contributed by atoms with Crippen LogP contribution >= 0.6 is 0 Å². The van der Waals surface area contributed by atoms with Gasteiger partial charge in [-0.05, 0) is 23.1 Å². The number of fused-ring (bicyclic) bond motifs is 1. The molecule has 0 aromatic heterocycles. The van der Waals surface area contributed by atoms with Gasteiger partial charge in [-0.3, -0.25) is 0 Å². The first-order chi connectivity index (χ1) is 9.34. The third kappa shape index (κ3) is 2.73. The van der Waals surface area contributed by atoms with Crippen molar-refractivity contribution in [3.05, 3.63) is 34.9 Å². The Morgan fingerprint density at radius 2 is 1.85 bits per heavy atom. The summed E-state index contributed by atoms with van der Waals surface area (Å²) in [6.45, 7) is 6.16. The van der Waals surface area contributed by atoms with Gasteiger partial charge >= 0.3 is 11.9 Å². The predicted octanol–water partition coefficient (Wildman–Crippen LogP) is 2.09. The maximum atomic E-state index is 11.6. The van der Waals surface area contributed by atoms with Crippen molar-refractivity contribution in [2.75, 3.05) is 13.2 Å². The largest absolute Gasteiger partial charge is 0.394 e. The van der Waals surface area contributed by atoms with Crippen LogP contribution in [0, 0.1) is 5.41 Å². The second-order valence-corrected chi connectivity index (χ2v) is 5.82. The van der Waals surface area contributed by atoms with Crippen molar-refractivity contribution in [2.24, 2.45) is 5.41 Å². The average molecular weight is 278 g/mol. The van der Waals surface area contributed by atoms with Crippen molar-refractivity contribution in [1.29, 1.82) is 0 Å². The number of ether oxygens (including phenoxy) is 2. The number of carbonyl (C=O) groups excluding carboxylic acids is 2. The van der Waals surface area contributed by atoms with E-state index in [1.165, 1.54) is 0 Å². The number of carbonyl (C=O) groups is 2. The van der Waals surface area contributed by atoms with E-state index in [2.05, 4.69) is 4.74 Å². The van der Waals surface area contributed by atoms with Crippen molar-refractivity contribution < 1.29 is 24.2 Å². The van der Waals surface area contributed by atoms with Crippen LogP contribution in [-0.4, -0.2) is 30.3 Å². The fraction of sp³-hybridized carbons (Fsp3) is 0.467. The van der Waals surface area contributed by atoms with Crippen molar-refractivity contribution in [3.63, 3.8) is 0 Å². The van der Waals surface area contributed by atoms with Crippen LogP contribution in [-0.2, 0) is 9.47 Å². The Bertz CT molecular complexity index is 542. The topological polar surface area (TPSA) is 72.8 Å². The van der Waals surface area contributed by atoms with Gasteiger partial charge < -0.3 is 14.6 Å². The van der Waals surface area contributed by atoms with Crippen LogP contribution in [0.5, 0.6) is 0 Å². The summed E-state index contributed by atoms with van der Waals surface area (Å²) in [5.41, 5.74) is 1.13. The van der Waals surface area contributed by atoms with Crippen LogP contribution in [0.25, 0.3) is 0 Å². The van der Waals surface area contributed by atoms with Gasteiger partial charge in [0, 0.05) is 0 Å². The van der Waals surface area contributed by atoms with Gasteiger partial charge in [0.15, 0.2) is 0 Å². The van der Waals surface area contributed by atoms with E-state index in [-0.39, 0.29) is 35.9 Å². The molecule has 1 aromatic rings. The molecule has 1 heterocycles. The predicted molar refractivity (Wildman–Crippen MR) is 71.4 cm³/mol. The highest BCUT2D eigenvalue weighted by molar-refractivity contribution is 6.14. The second kappa shape index (κ2) is 5.34. The Balaban J connectivity index is 2.38. The Hall–Kier alpha value is -1.72. The van der Waals surface area contributed by atoms with Crippen LogP contribution in [0.2, 0.25) is 0 Å². The van der Waals surface area contributed by atoms with Crippen LogP contribution in [0.3, 0.4) is 0 Å². The third-order valence-electron chi connectivity index (χ3n) is 3.13. The zero-order valence-electron chi connectivity index (χ0n) is 11.8. The molecule has 5 nitrogen and oxygen atoms in total. The lowest BCUT2D eigenvalue weighted by atomic mass is 9.83. The summed E-state index contributed by atoms with van der Waals surface area (Å²) in [6.07, 6.45) is -0.288. The van der Waals surface area contributed by atoms with Gasteiger partial charge in [0.1, 0.15) is 0 Å². The average Bonchev–Trinajstić information content (AvgIpc) is 2.64. The highest BCUT2D eigenvalue weighted by Crippen LogP contribution is 2.37. The smallest absolute Gasteiger partial charge is 0.346 e. The molecule has 20 heavy (non-hydrogen) atoms. The van der Waals surface area contributed by atoms with E-state index in [0.29, 0.717) is 0 Å². The lowest BCUT2D eigenvalue weighted by Crippen LogP contribution is -2.23. The molecule has 1 unspecified atom stereocenters. The van der Waals surface area contributed by atoms with E-state index in [1.54, 1.807) is 18.2 Å². The van der Waals surface area contributed by atoms with Crippen molar-refractivity contribution in [1.82, 2.24) is 0 Å². The zero-order chi connectivity index (χ0) is 14.9. The number of rotatable bonds is 4. The number of aliphatic hydroxyl groups excluding tert-OH is 1. The number of hydrogen-bond donors (Lipinski definition) is 1. The Kier molecular flexibility index (Phi) is 3.92. The number of cyclic esters (lactones) is 2. The maximum absolute atomic E-state index is 11.6. The minimum atomic E-state index is -0.623. The summed E-state index contributed by atoms with van der Waals surface area (Å²) in [6, 6.07) is 4.97. The normalized spacial score (nSPS) is 16.0. The summed E-state index contributed by atoms with van der Waals surface area (Å²) < 4.78 is 10.3. The molecule has 0 bridgehead atoms. The van der Waals surface area contributed by atoms with Crippen LogP contribution < -0.4 is 0 Å². The van der Waals surface area contributed by atoms with Gasteiger partial charge in [-0.15, -0.1) is 0 Å². The molecule has 1 aliphatic heterocycles. The lowest BCUT2D eigenvalue weighted by Gasteiger charge is -2.31. The zero-order valence-corrected chi connectivity index (χ0v) is 11.8. The molecule has 0 saturated heterocycles. The van der Waals surface area contributed by atoms with E-state index < -0.39 is 11.9 Å². The monoisotopic (exact) mass is 278 g/mol. The molecule has 1 N–H and O–H groups in total. The molecule has 108 valence electrons. The summed E-state index contributed by atoms with van der Waals surface area (Å²) in [5.74, 6) is -1.23.